The lowest BCUT2D eigenvalue weighted by Gasteiger charge is -2.10. The van der Waals surface area contributed by atoms with E-state index in [4.69, 9.17) is 14.9 Å². The second kappa shape index (κ2) is 4.50. The monoisotopic (exact) mass is 243 g/mol. The minimum absolute atomic E-state index is 0.198. The van der Waals surface area contributed by atoms with Crippen molar-refractivity contribution in [2.24, 2.45) is 5.73 Å². The Morgan fingerprint density at radius 1 is 1.28 bits per heavy atom. The van der Waals surface area contributed by atoms with E-state index in [1.54, 1.807) is 0 Å². The Morgan fingerprint density at radius 3 is 2.94 bits per heavy atom. The van der Waals surface area contributed by atoms with Crippen molar-refractivity contribution < 1.29 is 9.15 Å². The molecule has 1 aromatic carbocycles. The Morgan fingerprint density at radius 2 is 2.17 bits per heavy atom. The van der Waals surface area contributed by atoms with Gasteiger partial charge in [0.25, 0.3) is 0 Å². The smallest absolute Gasteiger partial charge is 0.125 e. The Kier molecular flexibility index (Phi) is 2.84. The fourth-order valence-corrected chi connectivity index (χ4v) is 2.32. The molecule has 94 valence electrons. The normalized spacial score (nSPS) is 15.2. The van der Waals surface area contributed by atoms with E-state index in [0.29, 0.717) is 0 Å². The van der Waals surface area contributed by atoms with Crippen LogP contribution in [0.4, 0.5) is 0 Å². The van der Waals surface area contributed by atoms with Gasteiger partial charge in [0.15, 0.2) is 0 Å². The van der Waals surface area contributed by atoms with Crippen molar-refractivity contribution in [2.75, 3.05) is 6.61 Å². The standard InChI is InChI=1S/C15H17NO2/c1-2-12-4-6-14(18-12)15(16)11-3-5-13-10(9-11)7-8-17-13/h3-6,9,15H,2,7-8,16H2,1H3. The fraction of sp³-hybridized carbons (Fsp3) is 0.333. The summed E-state index contributed by atoms with van der Waals surface area (Å²) in [4.78, 5) is 0. The number of nitrogens with two attached hydrogens (primary N) is 1. The van der Waals surface area contributed by atoms with Crippen LogP contribution in [0.2, 0.25) is 0 Å². The molecule has 1 aliphatic rings. The Bertz CT molecular complexity index is 559. The number of ether oxygens (including phenoxy) is 1. The summed E-state index contributed by atoms with van der Waals surface area (Å²) in [5, 5.41) is 0. The van der Waals surface area contributed by atoms with Crippen LogP contribution in [0.1, 0.15) is 35.6 Å². The molecule has 1 aromatic heterocycles. The molecule has 2 heterocycles. The largest absolute Gasteiger partial charge is 0.493 e. The van der Waals surface area contributed by atoms with Gasteiger partial charge in [-0.2, -0.15) is 0 Å². The van der Waals surface area contributed by atoms with Crippen LogP contribution in [-0.2, 0) is 12.8 Å². The highest BCUT2D eigenvalue weighted by Crippen LogP contribution is 2.30. The van der Waals surface area contributed by atoms with Gasteiger partial charge in [-0.1, -0.05) is 13.0 Å². The van der Waals surface area contributed by atoms with Crippen molar-refractivity contribution in [3.8, 4) is 5.75 Å². The minimum Gasteiger partial charge on any atom is -0.493 e. The number of aryl methyl sites for hydroxylation is 1. The Hall–Kier alpha value is -1.74. The predicted octanol–water partition coefficient (Wildman–Crippen LogP) is 2.83. The highest BCUT2D eigenvalue weighted by Gasteiger charge is 2.17. The van der Waals surface area contributed by atoms with E-state index >= 15 is 0 Å². The quantitative estimate of drug-likeness (QED) is 0.901. The first-order valence-electron chi connectivity index (χ1n) is 6.37. The summed E-state index contributed by atoms with van der Waals surface area (Å²) in [5.41, 5.74) is 8.56. The number of rotatable bonds is 3. The summed E-state index contributed by atoms with van der Waals surface area (Å²) >= 11 is 0. The number of fused-ring (bicyclic) bond motifs is 1. The summed E-state index contributed by atoms with van der Waals surface area (Å²) in [6.45, 7) is 2.84. The maximum atomic E-state index is 6.24. The van der Waals surface area contributed by atoms with Crippen LogP contribution >= 0.6 is 0 Å². The van der Waals surface area contributed by atoms with Crippen LogP contribution in [0.3, 0.4) is 0 Å². The molecular weight excluding hydrogens is 226 g/mol. The lowest BCUT2D eigenvalue weighted by Crippen LogP contribution is -2.11. The van der Waals surface area contributed by atoms with Gasteiger partial charge in [-0.15, -0.1) is 0 Å². The molecule has 0 fully saturated rings. The van der Waals surface area contributed by atoms with E-state index in [2.05, 4.69) is 13.0 Å². The zero-order valence-electron chi connectivity index (χ0n) is 10.5. The van der Waals surface area contributed by atoms with Gasteiger partial charge in [0, 0.05) is 12.8 Å². The van der Waals surface area contributed by atoms with Crippen molar-refractivity contribution in [2.45, 2.75) is 25.8 Å². The molecule has 0 spiro atoms. The zero-order chi connectivity index (χ0) is 12.5. The highest BCUT2D eigenvalue weighted by atomic mass is 16.5. The van der Waals surface area contributed by atoms with Crippen LogP contribution in [-0.4, -0.2) is 6.61 Å². The molecule has 1 atom stereocenters. The third-order valence-electron chi connectivity index (χ3n) is 3.41. The molecule has 0 saturated heterocycles. The minimum atomic E-state index is -0.198. The van der Waals surface area contributed by atoms with E-state index in [1.165, 1.54) is 5.56 Å². The van der Waals surface area contributed by atoms with Gasteiger partial charge >= 0.3 is 0 Å². The van der Waals surface area contributed by atoms with Crippen molar-refractivity contribution in [3.05, 3.63) is 53.0 Å². The van der Waals surface area contributed by atoms with Gasteiger partial charge in [-0.3, -0.25) is 0 Å². The van der Waals surface area contributed by atoms with Gasteiger partial charge in [-0.25, -0.2) is 0 Å². The zero-order valence-corrected chi connectivity index (χ0v) is 10.5. The average molecular weight is 243 g/mol. The second-order valence-electron chi connectivity index (χ2n) is 4.60. The van der Waals surface area contributed by atoms with Gasteiger partial charge < -0.3 is 14.9 Å². The lowest BCUT2D eigenvalue weighted by molar-refractivity contribution is 0.356. The molecule has 3 rings (SSSR count). The summed E-state index contributed by atoms with van der Waals surface area (Å²) in [6.07, 6.45) is 1.86. The van der Waals surface area contributed by atoms with Crippen LogP contribution < -0.4 is 10.5 Å². The molecule has 0 bridgehead atoms. The van der Waals surface area contributed by atoms with Crippen LogP contribution in [0.25, 0.3) is 0 Å². The second-order valence-corrected chi connectivity index (χ2v) is 4.60. The molecule has 2 aromatic rings. The number of benzene rings is 1. The molecule has 0 saturated carbocycles. The predicted molar refractivity (Wildman–Crippen MR) is 69.8 cm³/mol. The lowest BCUT2D eigenvalue weighted by atomic mass is 10.0. The van der Waals surface area contributed by atoms with E-state index in [1.807, 2.05) is 24.3 Å². The molecule has 18 heavy (non-hydrogen) atoms. The Balaban J connectivity index is 1.89. The maximum Gasteiger partial charge on any atom is 0.125 e. The molecule has 0 radical (unpaired) electrons. The third-order valence-corrected chi connectivity index (χ3v) is 3.41. The van der Waals surface area contributed by atoms with Gasteiger partial charge in [0.1, 0.15) is 17.3 Å². The first-order chi connectivity index (χ1) is 8.78. The van der Waals surface area contributed by atoms with E-state index in [9.17, 15) is 0 Å². The summed E-state index contributed by atoms with van der Waals surface area (Å²) in [7, 11) is 0. The molecule has 0 amide bonds. The summed E-state index contributed by atoms with van der Waals surface area (Å²) in [5.74, 6) is 2.79. The van der Waals surface area contributed by atoms with Gasteiger partial charge in [0.05, 0.1) is 12.6 Å². The van der Waals surface area contributed by atoms with Crippen molar-refractivity contribution in [3.63, 3.8) is 0 Å². The van der Waals surface area contributed by atoms with Gasteiger partial charge in [-0.05, 0) is 35.4 Å². The molecule has 0 aliphatic carbocycles. The van der Waals surface area contributed by atoms with Crippen LogP contribution in [0, 0.1) is 0 Å². The van der Waals surface area contributed by atoms with E-state index < -0.39 is 0 Å². The topological polar surface area (TPSA) is 48.4 Å². The van der Waals surface area contributed by atoms with Gasteiger partial charge in [0.2, 0.25) is 0 Å². The van der Waals surface area contributed by atoms with Crippen molar-refractivity contribution >= 4 is 0 Å². The highest BCUT2D eigenvalue weighted by molar-refractivity contribution is 5.42. The Labute approximate surface area is 107 Å². The fourth-order valence-electron chi connectivity index (χ4n) is 2.32. The maximum absolute atomic E-state index is 6.24. The van der Waals surface area contributed by atoms with Crippen molar-refractivity contribution in [1.29, 1.82) is 0 Å². The van der Waals surface area contributed by atoms with Crippen molar-refractivity contribution in [1.82, 2.24) is 0 Å². The number of hydrogen-bond acceptors (Lipinski definition) is 3. The summed E-state index contributed by atoms with van der Waals surface area (Å²) < 4.78 is 11.2. The summed E-state index contributed by atoms with van der Waals surface area (Å²) in [6, 6.07) is 9.90. The molecule has 1 aliphatic heterocycles. The molecular formula is C15H17NO2. The first-order valence-corrected chi connectivity index (χ1v) is 6.37. The van der Waals surface area contributed by atoms with E-state index in [0.717, 1.165) is 42.3 Å². The first kappa shape index (κ1) is 11.4. The molecule has 1 unspecified atom stereocenters. The molecule has 3 nitrogen and oxygen atoms in total. The average Bonchev–Trinajstić information content (AvgIpc) is 3.05. The molecule has 3 heteroatoms. The third kappa shape index (κ3) is 1.91. The SMILES string of the molecule is CCc1ccc(C(N)c2ccc3c(c2)CCO3)o1. The van der Waals surface area contributed by atoms with E-state index in [-0.39, 0.29) is 6.04 Å². The van der Waals surface area contributed by atoms with Crippen LogP contribution in [0.5, 0.6) is 5.75 Å². The number of hydrogen-bond donors (Lipinski definition) is 1. The number of furan rings is 1. The van der Waals surface area contributed by atoms with Crippen LogP contribution in [0.15, 0.2) is 34.7 Å². The molecule has 2 N–H and O–H groups in total.